The van der Waals surface area contributed by atoms with Gasteiger partial charge in [-0.3, -0.25) is 9.59 Å². The third-order valence-corrected chi connectivity index (χ3v) is 4.36. The molecule has 1 aliphatic rings. The normalized spacial score (nSPS) is 16.0. The summed E-state index contributed by atoms with van der Waals surface area (Å²) < 4.78 is 5.32. The molecule has 2 rings (SSSR count). The van der Waals surface area contributed by atoms with Crippen LogP contribution in [0.5, 0.6) is 0 Å². The molecular weight excluding hydrogens is 330 g/mol. The van der Waals surface area contributed by atoms with Crippen molar-refractivity contribution in [1.82, 2.24) is 4.90 Å². The van der Waals surface area contributed by atoms with Crippen LogP contribution in [0.15, 0.2) is 24.3 Å². The van der Waals surface area contributed by atoms with Gasteiger partial charge in [-0.1, -0.05) is 17.7 Å². The van der Waals surface area contributed by atoms with Crippen LogP contribution in [0.3, 0.4) is 0 Å². The van der Waals surface area contributed by atoms with Crippen LogP contribution >= 0.6 is 12.4 Å². The lowest BCUT2D eigenvalue weighted by atomic mass is 9.79. The van der Waals surface area contributed by atoms with Gasteiger partial charge in [0.2, 0.25) is 11.8 Å². The van der Waals surface area contributed by atoms with Crippen LogP contribution in [-0.4, -0.2) is 50.1 Å². The van der Waals surface area contributed by atoms with Gasteiger partial charge in [-0.25, -0.2) is 0 Å². The molecule has 0 spiro atoms. The molecule has 0 bridgehead atoms. The molecule has 1 saturated heterocycles. The lowest BCUT2D eigenvalue weighted by Gasteiger charge is -2.37. The number of carbonyl (C=O) groups is 2. The zero-order valence-corrected chi connectivity index (χ0v) is 15.0. The molecule has 6 nitrogen and oxygen atoms in total. The Kier molecular flexibility index (Phi) is 7.66. The van der Waals surface area contributed by atoms with Crippen molar-refractivity contribution in [3.05, 3.63) is 29.8 Å². The minimum absolute atomic E-state index is 0. The molecule has 0 aromatic heterocycles. The van der Waals surface area contributed by atoms with Crippen molar-refractivity contribution in [3.63, 3.8) is 0 Å². The van der Waals surface area contributed by atoms with Crippen molar-refractivity contribution in [2.24, 2.45) is 11.1 Å². The minimum atomic E-state index is -0.600. The Morgan fingerprint density at radius 3 is 2.38 bits per heavy atom. The number of halogens is 1. The number of hydrogen-bond acceptors (Lipinski definition) is 4. The van der Waals surface area contributed by atoms with Crippen LogP contribution in [0.4, 0.5) is 5.69 Å². The number of nitrogens with zero attached hydrogens (tertiary/aromatic N) is 1. The monoisotopic (exact) mass is 355 g/mol. The SMILES string of the molecule is Cc1ccc(NC(=O)CN(C)C(=O)C2(CN)CCOCC2)cc1.Cl. The Morgan fingerprint density at radius 2 is 1.83 bits per heavy atom. The molecule has 2 amide bonds. The van der Waals surface area contributed by atoms with Gasteiger partial charge in [-0.2, -0.15) is 0 Å². The van der Waals surface area contributed by atoms with Crippen molar-refractivity contribution >= 4 is 29.9 Å². The van der Waals surface area contributed by atoms with E-state index in [0.29, 0.717) is 26.1 Å². The molecule has 1 heterocycles. The fraction of sp³-hybridized carbons (Fsp3) is 0.529. The van der Waals surface area contributed by atoms with Crippen molar-refractivity contribution in [1.29, 1.82) is 0 Å². The van der Waals surface area contributed by atoms with E-state index in [9.17, 15) is 9.59 Å². The number of hydrogen-bond donors (Lipinski definition) is 2. The molecule has 7 heteroatoms. The van der Waals surface area contributed by atoms with Crippen LogP contribution in [0.25, 0.3) is 0 Å². The maximum absolute atomic E-state index is 12.7. The highest BCUT2D eigenvalue weighted by molar-refractivity contribution is 5.95. The predicted octanol–water partition coefficient (Wildman–Crippen LogP) is 1.57. The van der Waals surface area contributed by atoms with E-state index >= 15 is 0 Å². The number of carbonyl (C=O) groups excluding carboxylic acids is 2. The summed E-state index contributed by atoms with van der Waals surface area (Å²) in [5.41, 5.74) is 7.09. The quantitative estimate of drug-likeness (QED) is 0.839. The van der Waals surface area contributed by atoms with Crippen LogP contribution in [0.2, 0.25) is 0 Å². The van der Waals surface area contributed by atoms with Gasteiger partial charge in [-0.05, 0) is 31.9 Å². The van der Waals surface area contributed by atoms with Gasteiger partial charge in [0.25, 0.3) is 0 Å². The molecule has 1 aromatic carbocycles. The van der Waals surface area contributed by atoms with Gasteiger partial charge in [0.15, 0.2) is 0 Å². The first-order chi connectivity index (χ1) is 11.0. The Morgan fingerprint density at radius 1 is 1.25 bits per heavy atom. The van der Waals surface area contributed by atoms with Gasteiger partial charge < -0.3 is 20.7 Å². The molecule has 24 heavy (non-hydrogen) atoms. The Balaban J connectivity index is 0.00000288. The van der Waals surface area contributed by atoms with E-state index in [1.807, 2.05) is 31.2 Å². The standard InChI is InChI=1S/C17H25N3O3.ClH/c1-13-3-5-14(6-4-13)19-15(21)11-20(2)16(22)17(12-18)7-9-23-10-8-17;/h3-6H,7-12,18H2,1-2H3,(H,19,21);1H. The van der Waals surface area contributed by atoms with E-state index in [4.69, 9.17) is 10.5 Å². The number of nitrogens with one attached hydrogen (secondary N) is 1. The molecule has 0 aliphatic carbocycles. The van der Waals surface area contributed by atoms with Gasteiger partial charge >= 0.3 is 0 Å². The largest absolute Gasteiger partial charge is 0.381 e. The molecule has 1 aliphatic heterocycles. The highest BCUT2D eigenvalue weighted by Gasteiger charge is 2.40. The Labute approximate surface area is 149 Å². The van der Waals surface area contributed by atoms with Gasteiger partial charge in [0, 0.05) is 32.5 Å². The summed E-state index contributed by atoms with van der Waals surface area (Å²) in [5.74, 6) is -0.300. The molecular formula is C17H26ClN3O3. The molecule has 134 valence electrons. The first kappa shape index (κ1) is 20.4. The molecule has 0 saturated carbocycles. The molecule has 3 N–H and O–H groups in total. The van der Waals surface area contributed by atoms with Gasteiger partial charge in [-0.15, -0.1) is 12.4 Å². The number of rotatable bonds is 5. The average molecular weight is 356 g/mol. The minimum Gasteiger partial charge on any atom is -0.381 e. The van der Waals surface area contributed by atoms with E-state index in [2.05, 4.69) is 5.32 Å². The molecule has 0 atom stereocenters. The fourth-order valence-corrected chi connectivity index (χ4v) is 2.80. The maximum Gasteiger partial charge on any atom is 0.243 e. The third-order valence-electron chi connectivity index (χ3n) is 4.36. The highest BCUT2D eigenvalue weighted by Crippen LogP contribution is 2.31. The first-order valence-electron chi connectivity index (χ1n) is 7.87. The number of likely N-dealkylation sites (N-methyl/N-ethyl adjacent to an activating group) is 1. The lowest BCUT2D eigenvalue weighted by Crippen LogP contribution is -2.51. The van der Waals surface area contributed by atoms with Crippen LogP contribution < -0.4 is 11.1 Å². The summed E-state index contributed by atoms with van der Waals surface area (Å²) in [6, 6.07) is 7.54. The van der Waals surface area contributed by atoms with Crippen LogP contribution in [0, 0.1) is 12.3 Å². The summed E-state index contributed by atoms with van der Waals surface area (Å²) in [6.07, 6.45) is 1.21. The molecule has 1 fully saturated rings. The zero-order valence-electron chi connectivity index (χ0n) is 14.2. The molecule has 0 radical (unpaired) electrons. The molecule has 1 aromatic rings. The van der Waals surface area contributed by atoms with Crippen molar-refractivity contribution in [2.75, 3.05) is 38.7 Å². The Hall–Kier alpha value is -1.63. The van der Waals surface area contributed by atoms with Crippen LogP contribution in [0.1, 0.15) is 18.4 Å². The van der Waals surface area contributed by atoms with E-state index in [0.717, 1.165) is 11.3 Å². The number of benzene rings is 1. The summed E-state index contributed by atoms with van der Waals surface area (Å²) >= 11 is 0. The number of aryl methyl sites for hydroxylation is 1. The smallest absolute Gasteiger partial charge is 0.243 e. The average Bonchev–Trinajstić information content (AvgIpc) is 2.56. The second-order valence-corrected chi connectivity index (χ2v) is 6.17. The molecule has 0 unspecified atom stereocenters. The summed E-state index contributed by atoms with van der Waals surface area (Å²) in [5, 5.41) is 2.80. The third kappa shape index (κ3) is 4.93. The zero-order chi connectivity index (χ0) is 16.9. The van der Waals surface area contributed by atoms with Crippen molar-refractivity contribution in [3.8, 4) is 0 Å². The first-order valence-corrected chi connectivity index (χ1v) is 7.87. The number of amides is 2. The Bertz CT molecular complexity index is 557. The topological polar surface area (TPSA) is 84.7 Å². The van der Waals surface area contributed by atoms with Gasteiger partial charge in [0.05, 0.1) is 12.0 Å². The lowest BCUT2D eigenvalue weighted by molar-refractivity contribution is -0.147. The van der Waals surface area contributed by atoms with Crippen LogP contribution in [-0.2, 0) is 14.3 Å². The predicted molar refractivity (Wildman–Crippen MR) is 96.2 cm³/mol. The van der Waals surface area contributed by atoms with E-state index in [1.165, 1.54) is 4.90 Å². The summed E-state index contributed by atoms with van der Waals surface area (Å²) in [4.78, 5) is 26.3. The number of anilines is 1. The highest BCUT2D eigenvalue weighted by atomic mass is 35.5. The van der Waals surface area contributed by atoms with E-state index in [-0.39, 0.29) is 37.3 Å². The van der Waals surface area contributed by atoms with Gasteiger partial charge in [0.1, 0.15) is 0 Å². The van der Waals surface area contributed by atoms with E-state index in [1.54, 1.807) is 7.05 Å². The second-order valence-electron chi connectivity index (χ2n) is 6.17. The number of ether oxygens (including phenoxy) is 1. The summed E-state index contributed by atoms with van der Waals surface area (Å²) in [7, 11) is 1.64. The summed E-state index contributed by atoms with van der Waals surface area (Å²) in [6.45, 7) is 3.34. The van der Waals surface area contributed by atoms with E-state index < -0.39 is 5.41 Å². The number of nitrogens with two attached hydrogens (primary N) is 1. The van der Waals surface area contributed by atoms with Crippen molar-refractivity contribution < 1.29 is 14.3 Å². The van der Waals surface area contributed by atoms with Crippen molar-refractivity contribution in [2.45, 2.75) is 19.8 Å². The maximum atomic E-state index is 12.7. The fourth-order valence-electron chi connectivity index (χ4n) is 2.80. The second kappa shape index (κ2) is 9.01.